The van der Waals surface area contributed by atoms with Crippen molar-refractivity contribution in [3.8, 4) is 22.4 Å². The lowest BCUT2D eigenvalue weighted by Crippen LogP contribution is -2.47. The van der Waals surface area contributed by atoms with Gasteiger partial charge in [-0.1, -0.05) is 92.7 Å². The van der Waals surface area contributed by atoms with Crippen LogP contribution in [-0.2, 0) is 14.3 Å². The number of aromatic amines is 1. The van der Waals surface area contributed by atoms with Crippen molar-refractivity contribution < 1.29 is 19.1 Å². The number of hydrogen-bond acceptors (Lipinski definition) is 7. The van der Waals surface area contributed by atoms with Gasteiger partial charge in [0, 0.05) is 43.4 Å². The number of hydrogen-bond donors (Lipinski definition) is 2. The third-order valence-corrected chi connectivity index (χ3v) is 12.7. The summed E-state index contributed by atoms with van der Waals surface area (Å²) in [6.07, 6.45) is 10.1. The molecule has 3 fully saturated rings. The minimum atomic E-state index is -0.445. The molecular weight excluding hydrogens is 727 g/mol. The average molecular weight is 782 g/mol. The number of amides is 3. The second-order valence-corrected chi connectivity index (χ2v) is 16.0. The minimum absolute atomic E-state index is 0.0227. The van der Waals surface area contributed by atoms with E-state index in [-0.39, 0.29) is 41.9 Å². The van der Waals surface area contributed by atoms with E-state index in [0.29, 0.717) is 6.42 Å². The van der Waals surface area contributed by atoms with Crippen molar-refractivity contribution in [3.63, 3.8) is 0 Å². The Hall–Kier alpha value is -5.55. The highest BCUT2D eigenvalue weighted by molar-refractivity contribution is 6.03. The fourth-order valence-corrected chi connectivity index (χ4v) is 9.58. The molecule has 3 amide bonds. The van der Waals surface area contributed by atoms with E-state index in [0.717, 1.165) is 116 Å². The van der Waals surface area contributed by atoms with Gasteiger partial charge in [-0.2, -0.15) is 0 Å². The number of ether oxygens (including phenoxy) is 1. The number of H-pyrrole nitrogens is 1. The van der Waals surface area contributed by atoms with Gasteiger partial charge in [-0.3, -0.25) is 19.5 Å². The first-order chi connectivity index (χ1) is 28.3. The number of alkyl carbamates (subject to hydrolysis) is 1. The number of imidazole rings is 1. The summed E-state index contributed by atoms with van der Waals surface area (Å²) in [7, 11) is 1.36. The second kappa shape index (κ2) is 17.5. The maximum atomic E-state index is 14.2. The van der Waals surface area contributed by atoms with Crippen molar-refractivity contribution in [3.05, 3.63) is 108 Å². The van der Waals surface area contributed by atoms with Crippen LogP contribution in [-0.4, -0.2) is 93.7 Å². The van der Waals surface area contributed by atoms with Gasteiger partial charge in [0.25, 0.3) is 0 Å². The summed E-state index contributed by atoms with van der Waals surface area (Å²) in [5, 5.41) is 2.85. The SMILES string of the molecule is CCN(CC)[C@@H](C(=O)N1CCC[C@H]1C1=NC=C(c2ccc(-c3ccc(-c4cnc([C@@H]5CCCN5C(=O)C5CC[C@H](NC(=O)OC)C5)[nH]4)cc3)cc2)C1)c1ccccc1. The molecule has 4 heterocycles. The standard InChI is InChI=1S/C47H55N7O4/c1-4-52(5-2)43(35-11-7-6-8-12-35)46(56)53-25-9-13-41(53)39-28-37(29-48-39)33-17-15-31(16-18-33)32-19-21-34(22-20-32)40-30-49-44(51-40)42-14-10-26-54(42)45(55)36-23-24-38(27-36)50-47(57)58-3/h6-8,11-12,15-22,29-30,36,38,41-43H,4-5,9-10,13-14,23-28H2,1-3H3,(H,49,51)(H,50,57)/t36?,38-,41-,42-,43+/m0/s1. The average Bonchev–Trinajstić information content (AvgIpc) is 4.12. The van der Waals surface area contributed by atoms with E-state index in [2.05, 4.69) is 94.6 Å². The number of aromatic nitrogens is 2. The van der Waals surface area contributed by atoms with Crippen LogP contribution >= 0.6 is 0 Å². The molecule has 1 saturated carbocycles. The summed E-state index contributed by atoms with van der Waals surface area (Å²) >= 11 is 0. The Balaban J connectivity index is 0.878. The Morgan fingerprint density at radius 3 is 2.17 bits per heavy atom. The number of benzene rings is 3. The van der Waals surface area contributed by atoms with Crippen molar-refractivity contribution >= 4 is 29.2 Å². The lowest BCUT2D eigenvalue weighted by molar-refractivity contribution is -0.137. The van der Waals surface area contributed by atoms with Gasteiger partial charge in [0.2, 0.25) is 11.8 Å². The molecule has 8 rings (SSSR count). The Bertz CT molecular complexity index is 2140. The smallest absolute Gasteiger partial charge is 0.407 e. The number of aliphatic imine (C=N–C) groups is 1. The highest BCUT2D eigenvalue weighted by Crippen LogP contribution is 2.37. The highest BCUT2D eigenvalue weighted by Gasteiger charge is 2.40. The summed E-state index contributed by atoms with van der Waals surface area (Å²) in [5.41, 5.74) is 8.68. The molecule has 0 radical (unpaired) electrons. The van der Waals surface area contributed by atoms with E-state index in [1.807, 2.05) is 35.5 Å². The molecule has 58 heavy (non-hydrogen) atoms. The predicted octanol–water partition coefficient (Wildman–Crippen LogP) is 8.19. The number of nitrogens with one attached hydrogen (secondary N) is 2. The number of carbonyl (C=O) groups is 3. The van der Waals surface area contributed by atoms with E-state index in [9.17, 15) is 14.4 Å². The molecule has 1 unspecified atom stereocenters. The molecule has 11 heteroatoms. The van der Waals surface area contributed by atoms with Gasteiger partial charge in [0.15, 0.2) is 0 Å². The van der Waals surface area contributed by atoms with Gasteiger partial charge in [0.1, 0.15) is 11.9 Å². The van der Waals surface area contributed by atoms with Crippen LogP contribution in [0.5, 0.6) is 0 Å². The predicted molar refractivity (Wildman–Crippen MR) is 227 cm³/mol. The zero-order valence-corrected chi connectivity index (χ0v) is 33.9. The molecule has 3 aliphatic heterocycles. The van der Waals surface area contributed by atoms with Crippen molar-refractivity contribution in [2.45, 2.75) is 89.4 Å². The highest BCUT2D eigenvalue weighted by atomic mass is 16.5. The molecular formula is C47H55N7O4. The van der Waals surface area contributed by atoms with Crippen LogP contribution in [0.2, 0.25) is 0 Å². The van der Waals surface area contributed by atoms with Crippen molar-refractivity contribution in [1.29, 1.82) is 0 Å². The minimum Gasteiger partial charge on any atom is -0.453 e. The third kappa shape index (κ3) is 8.09. The van der Waals surface area contributed by atoms with Crippen molar-refractivity contribution in [2.24, 2.45) is 10.9 Å². The van der Waals surface area contributed by atoms with E-state index in [1.165, 1.54) is 12.7 Å². The number of methoxy groups -OCH3 is 1. The van der Waals surface area contributed by atoms with Crippen LogP contribution in [0.3, 0.4) is 0 Å². The second-order valence-electron chi connectivity index (χ2n) is 16.0. The first kappa shape index (κ1) is 39.3. The molecule has 1 aromatic heterocycles. The first-order valence-corrected chi connectivity index (χ1v) is 21.1. The number of likely N-dealkylation sites (tertiary alicyclic amines) is 2. The number of rotatable bonds is 12. The van der Waals surface area contributed by atoms with E-state index >= 15 is 0 Å². The van der Waals surface area contributed by atoms with Crippen LogP contribution in [0.25, 0.3) is 28.0 Å². The van der Waals surface area contributed by atoms with Crippen LogP contribution in [0.4, 0.5) is 4.79 Å². The van der Waals surface area contributed by atoms with Crippen LogP contribution in [0.1, 0.15) is 94.2 Å². The van der Waals surface area contributed by atoms with Crippen molar-refractivity contribution in [1.82, 2.24) is 30.0 Å². The maximum Gasteiger partial charge on any atom is 0.407 e. The quantitative estimate of drug-likeness (QED) is 0.150. The van der Waals surface area contributed by atoms with Crippen LogP contribution in [0, 0.1) is 5.92 Å². The lowest BCUT2D eigenvalue weighted by atomic mass is 9.96. The number of allylic oxidation sites excluding steroid dienone is 1. The Morgan fingerprint density at radius 2 is 1.48 bits per heavy atom. The number of nitrogens with zero attached hydrogens (tertiary/aromatic N) is 5. The van der Waals surface area contributed by atoms with Gasteiger partial charge in [-0.25, -0.2) is 9.78 Å². The number of likely N-dealkylation sites (N-methyl/N-ethyl adjacent to an activating group) is 1. The van der Waals surface area contributed by atoms with Crippen LogP contribution < -0.4 is 5.32 Å². The summed E-state index contributed by atoms with van der Waals surface area (Å²) in [4.78, 5) is 59.0. The molecule has 3 aromatic carbocycles. The monoisotopic (exact) mass is 781 g/mol. The molecule has 11 nitrogen and oxygen atoms in total. The zero-order valence-electron chi connectivity index (χ0n) is 33.9. The summed E-state index contributed by atoms with van der Waals surface area (Å²) < 4.78 is 4.75. The fraction of sp³-hybridized carbons (Fsp3) is 0.426. The lowest BCUT2D eigenvalue weighted by Gasteiger charge is -2.35. The van der Waals surface area contributed by atoms with Gasteiger partial charge < -0.3 is 24.8 Å². The van der Waals surface area contributed by atoms with Gasteiger partial charge in [0.05, 0.1) is 31.1 Å². The topological polar surface area (TPSA) is 123 Å². The van der Waals surface area contributed by atoms with Gasteiger partial charge in [-0.05, 0) is 91.4 Å². The molecule has 0 bridgehead atoms. The van der Waals surface area contributed by atoms with Crippen LogP contribution in [0.15, 0.2) is 96.3 Å². The molecule has 2 saturated heterocycles. The third-order valence-electron chi connectivity index (χ3n) is 12.7. The first-order valence-electron chi connectivity index (χ1n) is 21.1. The molecule has 0 spiro atoms. The number of carbonyl (C=O) groups excluding carboxylic acids is 3. The van der Waals surface area contributed by atoms with E-state index in [1.54, 1.807) is 0 Å². The Kier molecular flexibility index (Phi) is 11.9. The Morgan fingerprint density at radius 1 is 0.828 bits per heavy atom. The van der Waals surface area contributed by atoms with Crippen molar-refractivity contribution in [2.75, 3.05) is 33.3 Å². The zero-order chi connectivity index (χ0) is 40.2. The molecule has 2 N–H and O–H groups in total. The maximum absolute atomic E-state index is 14.2. The molecule has 302 valence electrons. The normalized spacial score (nSPS) is 22.3. The van der Waals surface area contributed by atoms with Gasteiger partial charge in [-0.15, -0.1) is 0 Å². The molecule has 4 aromatic rings. The molecule has 4 aliphatic rings. The van der Waals surface area contributed by atoms with E-state index < -0.39 is 6.09 Å². The fourth-order valence-electron chi connectivity index (χ4n) is 9.58. The molecule has 5 atom stereocenters. The largest absolute Gasteiger partial charge is 0.453 e. The van der Waals surface area contributed by atoms with E-state index in [4.69, 9.17) is 14.7 Å². The summed E-state index contributed by atoms with van der Waals surface area (Å²) in [5.74, 6) is 1.04. The van der Waals surface area contributed by atoms with Gasteiger partial charge >= 0.3 is 6.09 Å². The molecule has 1 aliphatic carbocycles. The Labute approximate surface area is 341 Å². The summed E-state index contributed by atoms with van der Waals surface area (Å²) in [6, 6.07) is 27.0. The summed E-state index contributed by atoms with van der Waals surface area (Å²) in [6.45, 7) is 7.35.